The molecule has 2 nitrogen and oxygen atoms in total. The summed E-state index contributed by atoms with van der Waals surface area (Å²) in [5, 5.41) is 0. The molecular weight excluding hydrogens is 304 g/mol. The smallest absolute Gasteiger partial charge is 0.104 e. The van der Waals surface area contributed by atoms with Gasteiger partial charge >= 0.3 is 0 Å². The predicted octanol–water partition coefficient (Wildman–Crippen LogP) is 3.99. The first-order valence-corrected chi connectivity index (χ1v) is 7.72. The topological polar surface area (TPSA) is 21.8 Å². The summed E-state index contributed by atoms with van der Waals surface area (Å²) in [6.07, 6.45) is 9.17. The molecule has 1 aliphatic heterocycles. The zero-order valence-electron chi connectivity index (χ0n) is 10.8. The largest absolute Gasteiger partial charge is 0.373 e. The molecular formula is C16H17BrO2. The maximum atomic E-state index is 6.09. The van der Waals surface area contributed by atoms with Crippen molar-refractivity contribution in [2.75, 3.05) is 0 Å². The minimum Gasteiger partial charge on any atom is -0.373 e. The van der Waals surface area contributed by atoms with Crippen LogP contribution in [0.15, 0.2) is 40.9 Å². The van der Waals surface area contributed by atoms with E-state index in [9.17, 15) is 0 Å². The summed E-state index contributed by atoms with van der Waals surface area (Å²) in [7, 11) is 0. The van der Waals surface area contributed by atoms with Crippen LogP contribution in [0.25, 0.3) is 0 Å². The number of hydrogen-bond donors (Lipinski definition) is 0. The fourth-order valence-electron chi connectivity index (χ4n) is 3.69. The van der Waals surface area contributed by atoms with Crippen LogP contribution in [0.3, 0.4) is 0 Å². The average molecular weight is 321 g/mol. The van der Waals surface area contributed by atoms with Gasteiger partial charge in [0.25, 0.3) is 0 Å². The van der Waals surface area contributed by atoms with Gasteiger partial charge in [-0.15, -0.1) is 0 Å². The molecule has 1 heterocycles. The first-order valence-electron chi connectivity index (χ1n) is 6.93. The van der Waals surface area contributed by atoms with Gasteiger partial charge in [0, 0.05) is 17.3 Å². The third-order valence-corrected chi connectivity index (χ3v) is 5.28. The van der Waals surface area contributed by atoms with E-state index in [2.05, 4.69) is 52.3 Å². The van der Waals surface area contributed by atoms with Gasteiger partial charge in [-0.2, -0.15) is 0 Å². The van der Waals surface area contributed by atoms with E-state index in [1.807, 2.05) is 0 Å². The van der Waals surface area contributed by atoms with Gasteiger partial charge in [-0.05, 0) is 30.5 Å². The molecule has 100 valence electrons. The van der Waals surface area contributed by atoms with Gasteiger partial charge in [0.05, 0.1) is 12.7 Å². The Morgan fingerprint density at radius 1 is 1.11 bits per heavy atom. The van der Waals surface area contributed by atoms with Crippen molar-refractivity contribution < 1.29 is 9.47 Å². The molecule has 1 aromatic rings. The molecule has 19 heavy (non-hydrogen) atoms. The molecule has 0 aromatic heterocycles. The summed E-state index contributed by atoms with van der Waals surface area (Å²) in [5.41, 5.74) is 1.50. The van der Waals surface area contributed by atoms with Gasteiger partial charge in [0.1, 0.15) is 11.2 Å². The van der Waals surface area contributed by atoms with Crippen LogP contribution in [0, 0.1) is 0 Å². The molecule has 4 rings (SSSR count). The minimum atomic E-state index is 0.131. The summed E-state index contributed by atoms with van der Waals surface area (Å²) in [6.45, 7) is 0.706. The van der Waals surface area contributed by atoms with E-state index < -0.39 is 0 Å². The van der Waals surface area contributed by atoms with E-state index in [1.54, 1.807) is 0 Å². The number of rotatable bonds is 3. The van der Waals surface area contributed by atoms with Crippen LogP contribution in [0.5, 0.6) is 0 Å². The Morgan fingerprint density at radius 2 is 1.74 bits per heavy atom. The number of ether oxygens (including phenoxy) is 2. The second-order valence-corrected chi connectivity index (χ2v) is 6.85. The van der Waals surface area contributed by atoms with Crippen LogP contribution < -0.4 is 0 Å². The Morgan fingerprint density at radius 3 is 2.37 bits per heavy atom. The summed E-state index contributed by atoms with van der Waals surface area (Å²) < 4.78 is 13.2. The highest BCUT2D eigenvalue weighted by molar-refractivity contribution is 9.10. The van der Waals surface area contributed by atoms with Crippen LogP contribution in [0.2, 0.25) is 0 Å². The highest BCUT2D eigenvalue weighted by Gasteiger charge is 2.74. The third kappa shape index (κ3) is 1.91. The maximum absolute atomic E-state index is 6.09. The van der Waals surface area contributed by atoms with Crippen molar-refractivity contribution in [2.45, 2.75) is 49.6 Å². The summed E-state index contributed by atoms with van der Waals surface area (Å²) in [6, 6.07) is 8.35. The summed E-state index contributed by atoms with van der Waals surface area (Å²) in [4.78, 5) is 0. The molecule has 2 unspecified atom stereocenters. The molecule has 0 amide bonds. The quantitative estimate of drug-likeness (QED) is 0.620. The maximum Gasteiger partial charge on any atom is 0.104 e. The van der Waals surface area contributed by atoms with Gasteiger partial charge in [0.15, 0.2) is 0 Å². The Bertz CT molecular complexity index is 502. The lowest BCUT2D eigenvalue weighted by atomic mass is 9.86. The van der Waals surface area contributed by atoms with E-state index >= 15 is 0 Å². The molecule has 1 saturated heterocycles. The Kier molecular flexibility index (Phi) is 2.66. The Labute approximate surface area is 121 Å². The lowest BCUT2D eigenvalue weighted by Gasteiger charge is -2.15. The van der Waals surface area contributed by atoms with Crippen molar-refractivity contribution in [1.82, 2.24) is 0 Å². The molecule has 0 spiro atoms. The van der Waals surface area contributed by atoms with Crippen LogP contribution in [0.4, 0.5) is 0 Å². The van der Waals surface area contributed by atoms with Crippen LogP contribution in [-0.4, -0.2) is 17.3 Å². The highest BCUT2D eigenvalue weighted by Crippen LogP contribution is 2.65. The van der Waals surface area contributed by atoms with Crippen molar-refractivity contribution in [3.8, 4) is 0 Å². The Hall–Kier alpha value is -0.640. The molecule has 2 fully saturated rings. The van der Waals surface area contributed by atoms with Crippen molar-refractivity contribution in [1.29, 1.82) is 0 Å². The lowest BCUT2D eigenvalue weighted by molar-refractivity contribution is 0.00484. The molecule has 3 aliphatic rings. The molecule has 3 heteroatoms. The van der Waals surface area contributed by atoms with Gasteiger partial charge in [-0.1, -0.05) is 40.2 Å². The fraction of sp³-hybridized carbons (Fsp3) is 0.500. The SMILES string of the molecule is Brc1ccc(COC2CC34CC=CCC3(C2)O4)cc1. The van der Waals surface area contributed by atoms with Crippen LogP contribution >= 0.6 is 15.9 Å². The van der Waals surface area contributed by atoms with Crippen molar-refractivity contribution >= 4 is 15.9 Å². The second kappa shape index (κ2) is 4.18. The molecule has 2 aliphatic carbocycles. The van der Waals surface area contributed by atoms with E-state index in [4.69, 9.17) is 9.47 Å². The number of halogens is 1. The first kappa shape index (κ1) is 12.1. The third-order valence-electron chi connectivity index (χ3n) is 4.76. The van der Waals surface area contributed by atoms with Gasteiger partial charge in [0.2, 0.25) is 0 Å². The van der Waals surface area contributed by atoms with E-state index in [-0.39, 0.29) is 11.2 Å². The summed E-state index contributed by atoms with van der Waals surface area (Å²) in [5.74, 6) is 0. The van der Waals surface area contributed by atoms with Crippen molar-refractivity contribution in [3.05, 3.63) is 46.5 Å². The number of benzene rings is 1. The standard InChI is InChI=1S/C16H17BrO2/c17-13-5-3-12(4-6-13)11-18-14-9-15-7-1-2-8-16(15,10-14)19-15/h1-6,14H,7-11H2. The minimum absolute atomic E-state index is 0.131. The Balaban J connectivity index is 1.37. The number of epoxide rings is 1. The van der Waals surface area contributed by atoms with Crippen molar-refractivity contribution in [3.63, 3.8) is 0 Å². The molecule has 2 atom stereocenters. The molecule has 0 radical (unpaired) electrons. The van der Waals surface area contributed by atoms with Crippen LogP contribution in [-0.2, 0) is 16.1 Å². The molecule has 1 saturated carbocycles. The number of hydrogen-bond acceptors (Lipinski definition) is 2. The second-order valence-electron chi connectivity index (χ2n) is 5.94. The summed E-state index contributed by atoms with van der Waals surface area (Å²) >= 11 is 3.45. The van der Waals surface area contributed by atoms with E-state index in [0.29, 0.717) is 12.7 Å². The lowest BCUT2D eigenvalue weighted by Crippen LogP contribution is -2.20. The normalized spacial score (nSPS) is 38.9. The monoisotopic (exact) mass is 320 g/mol. The molecule has 0 bridgehead atoms. The van der Waals surface area contributed by atoms with E-state index in [1.165, 1.54) is 5.56 Å². The van der Waals surface area contributed by atoms with Crippen molar-refractivity contribution in [2.24, 2.45) is 0 Å². The van der Waals surface area contributed by atoms with Crippen LogP contribution in [0.1, 0.15) is 31.2 Å². The zero-order chi connectivity index (χ0) is 12.9. The first-order chi connectivity index (χ1) is 9.21. The van der Waals surface area contributed by atoms with Gasteiger partial charge < -0.3 is 9.47 Å². The zero-order valence-corrected chi connectivity index (χ0v) is 12.4. The van der Waals surface area contributed by atoms with Gasteiger partial charge in [-0.3, -0.25) is 0 Å². The van der Waals surface area contributed by atoms with E-state index in [0.717, 1.165) is 30.2 Å². The molecule has 0 N–H and O–H groups in total. The highest BCUT2D eigenvalue weighted by atomic mass is 79.9. The average Bonchev–Trinajstić information content (AvgIpc) is 2.95. The molecule has 1 aromatic carbocycles. The van der Waals surface area contributed by atoms with Gasteiger partial charge in [-0.25, -0.2) is 0 Å². The predicted molar refractivity (Wildman–Crippen MR) is 76.9 cm³/mol. The fourth-order valence-corrected chi connectivity index (χ4v) is 3.96.